The van der Waals surface area contributed by atoms with Gasteiger partial charge in [0.25, 0.3) is 0 Å². The van der Waals surface area contributed by atoms with Crippen molar-refractivity contribution in [2.75, 3.05) is 24.2 Å². The Morgan fingerprint density at radius 3 is 2.39 bits per heavy atom. The Kier molecular flexibility index (Phi) is 4.86. The van der Waals surface area contributed by atoms with Crippen LogP contribution in [-0.2, 0) is 11.2 Å². The van der Waals surface area contributed by atoms with Crippen LogP contribution in [0, 0.1) is 11.8 Å². The number of hydrogen-bond acceptors (Lipinski definition) is 5. The van der Waals surface area contributed by atoms with Gasteiger partial charge in [-0.25, -0.2) is 0 Å². The summed E-state index contributed by atoms with van der Waals surface area (Å²) in [6.45, 7) is 6.65. The van der Waals surface area contributed by atoms with Crippen LogP contribution in [0.25, 0.3) is 0 Å². The molecule has 0 amide bonds. The van der Waals surface area contributed by atoms with E-state index in [-0.39, 0.29) is 0 Å². The van der Waals surface area contributed by atoms with E-state index in [4.69, 9.17) is 0 Å². The molecule has 0 aromatic carbocycles. The molecule has 1 aromatic heterocycles. The third-order valence-corrected chi connectivity index (χ3v) is 5.29. The van der Waals surface area contributed by atoms with Gasteiger partial charge >= 0.3 is 5.16 Å². The lowest BCUT2D eigenvalue weighted by Gasteiger charge is -2.36. The highest BCUT2D eigenvalue weighted by molar-refractivity contribution is 7.90. The second-order valence-corrected chi connectivity index (χ2v) is 7.01. The largest absolute Gasteiger partial charge is 0.609 e. The van der Waals surface area contributed by atoms with Crippen molar-refractivity contribution in [2.24, 2.45) is 11.8 Å². The predicted molar refractivity (Wildman–Crippen MR) is 76.6 cm³/mol. The molecule has 3 unspecified atom stereocenters. The molecule has 0 N–H and O–H groups in total. The van der Waals surface area contributed by atoms with Crippen LogP contribution < -0.4 is 4.90 Å². The molecule has 0 bridgehead atoms. The first-order valence-corrected chi connectivity index (χ1v) is 8.89. The standard InChI is InChI=1S/C12H21N3OS2/c1-4-9-6-10(5-2)8-15(7-9)12-13-11(14-17-12)18(3)16/h9-10H,4-8H2,1-3H3. The number of piperidine rings is 1. The maximum atomic E-state index is 11.4. The summed E-state index contributed by atoms with van der Waals surface area (Å²) in [5, 5.41) is 1.42. The zero-order valence-electron chi connectivity index (χ0n) is 11.3. The van der Waals surface area contributed by atoms with Gasteiger partial charge in [0.05, 0.1) is 0 Å². The second kappa shape index (κ2) is 6.21. The van der Waals surface area contributed by atoms with Crippen molar-refractivity contribution >= 4 is 27.8 Å². The Morgan fingerprint density at radius 2 is 1.94 bits per heavy atom. The highest BCUT2D eigenvalue weighted by Gasteiger charge is 2.28. The first-order chi connectivity index (χ1) is 8.63. The van der Waals surface area contributed by atoms with Crippen LogP contribution in [0.1, 0.15) is 33.1 Å². The van der Waals surface area contributed by atoms with Gasteiger partial charge in [-0.2, -0.15) is 4.98 Å². The number of nitrogens with zero attached hydrogens (tertiary/aromatic N) is 3. The van der Waals surface area contributed by atoms with Crippen molar-refractivity contribution in [2.45, 2.75) is 38.3 Å². The minimum atomic E-state index is -1.07. The third kappa shape index (κ3) is 3.16. The van der Waals surface area contributed by atoms with Crippen molar-refractivity contribution < 1.29 is 4.55 Å². The summed E-state index contributed by atoms with van der Waals surface area (Å²) >= 11 is 0.309. The van der Waals surface area contributed by atoms with Crippen LogP contribution in [0.2, 0.25) is 0 Å². The summed E-state index contributed by atoms with van der Waals surface area (Å²) in [5.74, 6) is 1.51. The average Bonchev–Trinajstić information content (AvgIpc) is 2.87. The van der Waals surface area contributed by atoms with Crippen LogP contribution in [0.5, 0.6) is 0 Å². The Balaban J connectivity index is 2.10. The zero-order valence-corrected chi connectivity index (χ0v) is 12.9. The van der Waals surface area contributed by atoms with Crippen molar-refractivity contribution in [3.63, 3.8) is 0 Å². The van der Waals surface area contributed by atoms with Gasteiger partial charge in [0.15, 0.2) is 0 Å². The van der Waals surface area contributed by atoms with E-state index in [1.165, 1.54) is 30.8 Å². The smallest absolute Gasteiger partial charge is 0.355 e. The van der Waals surface area contributed by atoms with E-state index < -0.39 is 11.2 Å². The summed E-state index contributed by atoms with van der Waals surface area (Å²) < 4.78 is 15.5. The Bertz CT molecular complexity index is 371. The maximum Gasteiger partial charge on any atom is 0.355 e. The summed E-state index contributed by atoms with van der Waals surface area (Å²) in [5.41, 5.74) is 0. The van der Waals surface area contributed by atoms with E-state index in [0.29, 0.717) is 5.16 Å². The molecule has 0 spiro atoms. The SMILES string of the molecule is CCC1CC(CC)CN(c2nc([S+](C)[O-])ns2)C1. The molecule has 2 heterocycles. The van der Waals surface area contributed by atoms with Gasteiger partial charge in [0, 0.05) is 35.8 Å². The fourth-order valence-electron chi connectivity index (χ4n) is 2.51. The molecule has 1 aliphatic rings. The number of aromatic nitrogens is 2. The minimum absolute atomic E-state index is 0.474. The highest BCUT2D eigenvalue weighted by Crippen LogP contribution is 2.31. The van der Waals surface area contributed by atoms with Gasteiger partial charge in [-0.15, -0.1) is 4.37 Å². The summed E-state index contributed by atoms with van der Waals surface area (Å²) in [7, 11) is 0. The Morgan fingerprint density at radius 1 is 1.33 bits per heavy atom. The lowest BCUT2D eigenvalue weighted by atomic mass is 9.86. The molecule has 0 radical (unpaired) electrons. The second-order valence-electron chi connectivity index (χ2n) is 5.00. The van der Waals surface area contributed by atoms with E-state index in [9.17, 15) is 4.55 Å². The van der Waals surface area contributed by atoms with Gasteiger partial charge in [-0.05, 0) is 18.3 Å². The monoisotopic (exact) mass is 287 g/mol. The first kappa shape index (κ1) is 14.1. The normalized spacial score (nSPS) is 26.3. The lowest BCUT2D eigenvalue weighted by molar-refractivity contribution is 0.304. The highest BCUT2D eigenvalue weighted by atomic mass is 32.2. The topological polar surface area (TPSA) is 52.1 Å². The van der Waals surface area contributed by atoms with Crippen LogP contribution in [0.15, 0.2) is 5.16 Å². The quantitative estimate of drug-likeness (QED) is 0.799. The van der Waals surface area contributed by atoms with Gasteiger partial charge in [-0.3, -0.25) is 0 Å². The van der Waals surface area contributed by atoms with E-state index in [1.54, 1.807) is 6.26 Å². The molecular formula is C12H21N3OS2. The number of anilines is 1. The predicted octanol–water partition coefficient (Wildman–Crippen LogP) is 2.54. The molecule has 3 atom stereocenters. The molecule has 1 saturated heterocycles. The Hall–Kier alpha value is -0.330. The van der Waals surface area contributed by atoms with Crippen LogP contribution >= 0.6 is 11.5 Å². The van der Waals surface area contributed by atoms with Crippen LogP contribution in [0.4, 0.5) is 5.13 Å². The molecular weight excluding hydrogens is 266 g/mol. The number of hydrogen-bond donors (Lipinski definition) is 0. The summed E-state index contributed by atoms with van der Waals surface area (Å²) in [6.07, 6.45) is 5.40. The maximum absolute atomic E-state index is 11.4. The fourth-order valence-corrected chi connectivity index (χ4v) is 3.91. The molecule has 1 fully saturated rings. The van der Waals surface area contributed by atoms with Gasteiger partial charge in [0.2, 0.25) is 5.13 Å². The molecule has 4 nitrogen and oxygen atoms in total. The Labute approximate surface area is 116 Å². The van der Waals surface area contributed by atoms with Gasteiger partial charge in [-0.1, -0.05) is 26.7 Å². The minimum Gasteiger partial charge on any atom is -0.609 e. The zero-order chi connectivity index (χ0) is 13.1. The van der Waals surface area contributed by atoms with Crippen molar-refractivity contribution in [3.8, 4) is 0 Å². The average molecular weight is 287 g/mol. The first-order valence-electron chi connectivity index (χ1n) is 6.56. The molecule has 1 aliphatic heterocycles. The van der Waals surface area contributed by atoms with E-state index in [2.05, 4.69) is 28.1 Å². The summed E-state index contributed by atoms with van der Waals surface area (Å²) in [4.78, 5) is 6.74. The molecule has 1 aromatic rings. The van der Waals surface area contributed by atoms with Crippen LogP contribution in [0.3, 0.4) is 0 Å². The molecule has 18 heavy (non-hydrogen) atoms. The van der Waals surface area contributed by atoms with Crippen molar-refractivity contribution in [3.05, 3.63) is 0 Å². The van der Waals surface area contributed by atoms with E-state index in [1.807, 2.05) is 0 Å². The molecule has 6 heteroatoms. The molecule has 0 saturated carbocycles. The van der Waals surface area contributed by atoms with Crippen molar-refractivity contribution in [1.82, 2.24) is 9.36 Å². The van der Waals surface area contributed by atoms with Gasteiger partial charge in [0.1, 0.15) is 6.26 Å². The fraction of sp³-hybridized carbons (Fsp3) is 0.833. The molecule has 102 valence electrons. The van der Waals surface area contributed by atoms with Crippen molar-refractivity contribution in [1.29, 1.82) is 0 Å². The van der Waals surface area contributed by atoms with E-state index >= 15 is 0 Å². The third-order valence-electron chi connectivity index (χ3n) is 3.70. The van der Waals surface area contributed by atoms with Crippen LogP contribution in [-0.4, -0.2) is 33.3 Å². The molecule has 2 rings (SSSR count). The van der Waals surface area contributed by atoms with E-state index in [0.717, 1.165) is 30.1 Å². The lowest BCUT2D eigenvalue weighted by Crippen LogP contribution is -2.40. The number of rotatable bonds is 4. The summed E-state index contributed by atoms with van der Waals surface area (Å²) in [6, 6.07) is 0. The van der Waals surface area contributed by atoms with Gasteiger partial charge < -0.3 is 9.45 Å². The molecule has 0 aliphatic carbocycles.